The van der Waals surface area contributed by atoms with Crippen LogP contribution in [0.25, 0.3) is 6.08 Å². The first kappa shape index (κ1) is 10.4. The first-order valence-corrected chi connectivity index (χ1v) is 4.88. The summed E-state index contributed by atoms with van der Waals surface area (Å²) in [5, 5.41) is 9.22. The molecule has 0 saturated heterocycles. The number of halogens is 1. The molecule has 1 aromatic rings. The van der Waals surface area contributed by atoms with Gasteiger partial charge in [-0.2, -0.15) is 12.6 Å². The molecular formula is C9H10ClNOS. The Bertz CT molecular complexity index is 314. The monoisotopic (exact) mass is 215 g/mol. The van der Waals surface area contributed by atoms with Gasteiger partial charge in [0, 0.05) is 0 Å². The summed E-state index contributed by atoms with van der Waals surface area (Å²) in [6.07, 6.45) is 4.70. The van der Waals surface area contributed by atoms with Crippen molar-refractivity contribution in [2.75, 3.05) is 5.75 Å². The van der Waals surface area contributed by atoms with E-state index in [1.807, 2.05) is 12.2 Å². The summed E-state index contributed by atoms with van der Waals surface area (Å²) < 4.78 is 0. The van der Waals surface area contributed by atoms with Gasteiger partial charge in [-0.05, 0) is 30.4 Å². The smallest absolute Gasteiger partial charge is 0.171 e. The predicted octanol–water partition coefficient (Wildman–Crippen LogP) is 2.77. The van der Waals surface area contributed by atoms with Crippen LogP contribution in [0.15, 0.2) is 18.2 Å². The number of hydrogen-bond donors (Lipinski definition) is 2. The van der Waals surface area contributed by atoms with Crippen LogP contribution in [-0.4, -0.2) is 15.8 Å². The van der Waals surface area contributed by atoms with Gasteiger partial charge < -0.3 is 5.11 Å². The Kier molecular flexibility index (Phi) is 4.12. The van der Waals surface area contributed by atoms with Crippen LogP contribution in [-0.2, 0) is 0 Å². The number of allylic oxidation sites excluding steroid dienone is 1. The first-order valence-electron chi connectivity index (χ1n) is 3.87. The Morgan fingerprint density at radius 3 is 2.92 bits per heavy atom. The van der Waals surface area contributed by atoms with Gasteiger partial charge in [0.25, 0.3) is 0 Å². The Morgan fingerprint density at radius 1 is 1.54 bits per heavy atom. The van der Waals surface area contributed by atoms with Crippen LogP contribution in [0.5, 0.6) is 5.75 Å². The van der Waals surface area contributed by atoms with Crippen molar-refractivity contribution in [3.63, 3.8) is 0 Å². The van der Waals surface area contributed by atoms with E-state index in [0.717, 1.165) is 17.9 Å². The van der Waals surface area contributed by atoms with Gasteiger partial charge in [-0.15, -0.1) is 0 Å². The van der Waals surface area contributed by atoms with Crippen molar-refractivity contribution in [2.45, 2.75) is 6.42 Å². The zero-order chi connectivity index (χ0) is 9.68. The third-order valence-corrected chi connectivity index (χ3v) is 1.97. The van der Waals surface area contributed by atoms with Gasteiger partial charge in [0.1, 0.15) is 0 Å². The summed E-state index contributed by atoms with van der Waals surface area (Å²) in [6, 6.07) is 3.23. The average molecular weight is 216 g/mol. The molecule has 1 rings (SSSR count). The molecule has 1 N–H and O–H groups in total. The maximum Gasteiger partial charge on any atom is 0.171 e. The highest BCUT2D eigenvalue weighted by Gasteiger charge is 1.98. The minimum absolute atomic E-state index is 0.00742. The average Bonchev–Trinajstić information content (AvgIpc) is 2.12. The molecule has 0 atom stereocenters. The molecule has 0 unspecified atom stereocenters. The van der Waals surface area contributed by atoms with E-state index in [-0.39, 0.29) is 10.9 Å². The normalized spacial score (nSPS) is 10.9. The molecular weight excluding hydrogens is 206 g/mol. The van der Waals surface area contributed by atoms with E-state index in [9.17, 15) is 0 Å². The lowest BCUT2D eigenvalue weighted by molar-refractivity contribution is 0.473. The van der Waals surface area contributed by atoms with Crippen LogP contribution in [0, 0.1) is 0 Å². The standard InChI is InChI=1S/C9H10ClNOS/c10-9-8(12)5-4-7(11-9)3-1-2-6-13/h1,3-5,12-13H,2,6H2. The van der Waals surface area contributed by atoms with E-state index in [4.69, 9.17) is 16.7 Å². The Labute approximate surface area is 87.7 Å². The quantitative estimate of drug-likeness (QED) is 0.601. The third-order valence-electron chi connectivity index (χ3n) is 1.43. The number of nitrogens with zero attached hydrogens (tertiary/aromatic N) is 1. The largest absolute Gasteiger partial charge is 0.505 e. The minimum Gasteiger partial charge on any atom is -0.505 e. The summed E-state index contributed by atoms with van der Waals surface area (Å²) >= 11 is 9.68. The van der Waals surface area contributed by atoms with Crippen LogP contribution in [0.3, 0.4) is 0 Å². The summed E-state index contributed by atoms with van der Waals surface area (Å²) in [5.74, 6) is 0.815. The molecule has 0 aliphatic rings. The molecule has 0 radical (unpaired) electrons. The van der Waals surface area contributed by atoms with E-state index < -0.39 is 0 Å². The molecule has 70 valence electrons. The lowest BCUT2D eigenvalue weighted by atomic mass is 10.3. The minimum atomic E-state index is 0.00742. The van der Waals surface area contributed by atoms with Crippen molar-refractivity contribution in [1.29, 1.82) is 0 Å². The highest BCUT2D eigenvalue weighted by molar-refractivity contribution is 7.80. The molecule has 0 aromatic carbocycles. The Morgan fingerprint density at radius 2 is 2.31 bits per heavy atom. The zero-order valence-corrected chi connectivity index (χ0v) is 8.59. The molecule has 0 aliphatic carbocycles. The van der Waals surface area contributed by atoms with Crippen molar-refractivity contribution in [3.8, 4) is 5.75 Å². The Balaban J connectivity index is 2.73. The van der Waals surface area contributed by atoms with Gasteiger partial charge in [-0.1, -0.05) is 17.7 Å². The van der Waals surface area contributed by atoms with E-state index in [1.165, 1.54) is 6.07 Å². The molecule has 0 saturated carbocycles. The molecule has 0 aliphatic heterocycles. The number of aromatic nitrogens is 1. The lowest BCUT2D eigenvalue weighted by Crippen LogP contribution is -1.81. The molecule has 4 heteroatoms. The van der Waals surface area contributed by atoms with Crippen LogP contribution >= 0.6 is 24.2 Å². The number of pyridine rings is 1. The summed E-state index contributed by atoms with van der Waals surface area (Å²) in [5.41, 5.74) is 0.740. The second-order valence-corrected chi connectivity index (χ2v) is 3.27. The van der Waals surface area contributed by atoms with Crippen LogP contribution in [0.2, 0.25) is 5.15 Å². The second-order valence-electron chi connectivity index (χ2n) is 2.46. The van der Waals surface area contributed by atoms with E-state index >= 15 is 0 Å². The van der Waals surface area contributed by atoms with Crippen molar-refractivity contribution < 1.29 is 5.11 Å². The number of aromatic hydroxyl groups is 1. The fraction of sp³-hybridized carbons (Fsp3) is 0.222. The molecule has 0 fully saturated rings. The van der Waals surface area contributed by atoms with Crippen molar-refractivity contribution in [3.05, 3.63) is 29.1 Å². The van der Waals surface area contributed by atoms with Crippen molar-refractivity contribution in [1.82, 2.24) is 4.98 Å². The van der Waals surface area contributed by atoms with E-state index in [2.05, 4.69) is 17.6 Å². The fourth-order valence-electron chi connectivity index (χ4n) is 0.812. The SMILES string of the molecule is Oc1ccc(C=CCCS)nc1Cl. The maximum absolute atomic E-state index is 9.08. The third kappa shape index (κ3) is 3.28. The zero-order valence-electron chi connectivity index (χ0n) is 6.94. The predicted molar refractivity (Wildman–Crippen MR) is 58.4 cm³/mol. The maximum atomic E-state index is 9.08. The summed E-state index contributed by atoms with van der Waals surface area (Å²) in [6.45, 7) is 0. The fourth-order valence-corrected chi connectivity index (χ4v) is 1.12. The van der Waals surface area contributed by atoms with Crippen LogP contribution in [0.1, 0.15) is 12.1 Å². The van der Waals surface area contributed by atoms with Crippen molar-refractivity contribution >= 4 is 30.3 Å². The van der Waals surface area contributed by atoms with Gasteiger partial charge in [0.15, 0.2) is 10.9 Å². The highest BCUT2D eigenvalue weighted by atomic mass is 35.5. The van der Waals surface area contributed by atoms with Gasteiger partial charge >= 0.3 is 0 Å². The molecule has 1 heterocycles. The number of rotatable bonds is 3. The van der Waals surface area contributed by atoms with Crippen LogP contribution < -0.4 is 0 Å². The topological polar surface area (TPSA) is 33.1 Å². The molecule has 13 heavy (non-hydrogen) atoms. The molecule has 0 spiro atoms. The van der Waals surface area contributed by atoms with Crippen molar-refractivity contribution in [2.24, 2.45) is 0 Å². The van der Waals surface area contributed by atoms with Gasteiger partial charge in [-0.25, -0.2) is 4.98 Å². The number of hydrogen-bond acceptors (Lipinski definition) is 3. The molecule has 0 amide bonds. The molecule has 0 bridgehead atoms. The number of thiol groups is 1. The Hall–Kier alpha value is -0.670. The first-order chi connectivity index (χ1) is 6.24. The van der Waals surface area contributed by atoms with Gasteiger partial charge in [0.05, 0.1) is 5.69 Å². The lowest BCUT2D eigenvalue weighted by Gasteiger charge is -1.96. The summed E-state index contributed by atoms with van der Waals surface area (Å²) in [4.78, 5) is 3.95. The van der Waals surface area contributed by atoms with E-state index in [1.54, 1.807) is 6.07 Å². The second kappa shape index (κ2) is 5.14. The van der Waals surface area contributed by atoms with Gasteiger partial charge in [-0.3, -0.25) is 0 Å². The molecule has 1 aromatic heterocycles. The van der Waals surface area contributed by atoms with Gasteiger partial charge in [0.2, 0.25) is 0 Å². The molecule has 2 nitrogen and oxygen atoms in total. The highest BCUT2D eigenvalue weighted by Crippen LogP contribution is 2.20. The summed E-state index contributed by atoms with van der Waals surface area (Å²) in [7, 11) is 0. The van der Waals surface area contributed by atoms with Crippen LogP contribution in [0.4, 0.5) is 0 Å². The van der Waals surface area contributed by atoms with E-state index in [0.29, 0.717) is 0 Å².